The molecule has 1 N–H and O–H groups in total. The van der Waals surface area contributed by atoms with Gasteiger partial charge in [0.05, 0.1) is 20.0 Å². The average molecular weight is 262 g/mol. The van der Waals surface area contributed by atoms with Crippen molar-refractivity contribution in [2.45, 2.75) is 13.2 Å². The second-order valence-electron chi connectivity index (χ2n) is 3.90. The summed E-state index contributed by atoms with van der Waals surface area (Å²) in [5.41, 5.74) is 1.11. The number of hydrogen-bond acceptors (Lipinski definition) is 4. The van der Waals surface area contributed by atoms with Gasteiger partial charge in [0.15, 0.2) is 0 Å². The molecule has 19 heavy (non-hydrogen) atoms. The maximum Gasteiger partial charge on any atom is 0.339 e. The zero-order chi connectivity index (χ0) is 13.7. The van der Waals surface area contributed by atoms with E-state index in [0.29, 0.717) is 12.4 Å². The molecule has 5 nitrogen and oxygen atoms in total. The van der Waals surface area contributed by atoms with Crippen molar-refractivity contribution >= 4 is 5.97 Å². The molecule has 0 aliphatic heterocycles. The van der Waals surface area contributed by atoms with Crippen LogP contribution in [-0.4, -0.2) is 18.2 Å². The monoisotopic (exact) mass is 262 g/mol. The average Bonchev–Trinajstić information content (AvgIpc) is 2.88. The number of rotatable bonds is 6. The number of furan rings is 1. The Hall–Kier alpha value is -2.27. The van der Waals surface area contributed by atoms with Crippen LogP contribution in [0.15, 0.2) is 41.0 Å². The third-order valence-electron chi connectivity index (χ3n) is 2.64. The summed E-state index contributed by atoms with van der Waals surface area (Å²) in [5.74, 6) is 0.0840. The first-order chi connectivity index (χ1) is 9.20. The molecule has 0 spiro atoms. The summed E-state index contributed by atoms with van der Waals surface area (Å²) in [6.07, 6.45) is 1.34. The lowest BCUT2D eigenvalue weighted by atomic mass is 10.2. The molecule has 0 aliphatic rings. The number of aromatic carboxylic acids is 1. The largest absolute Gasteiger partial charge is 0.497 e. The van der Waals surface area contributed by atoms with E-state index in [1.54, 1.807) is 7.11 Å². The topological polar surface area (TPSA) is 68.9 Å². The molecule has 2 aromatic rings. The Bertz CT molecular complexity index is 541. The number of ether oxygens (including phenoxy) is 2. The van der Waals surface area contributed by atoms with Crippen molar-refractivity contribution in [3.8, 4) is 5.75 Å². The Labute approximate surface area is 110 Å². The molecule has 0 amide bonds. The van der Waals surface area contributed by atoms with E-state index in [1.165, 1.54) is 12.3 Å². The van der Waals surface area contributed by atoms with E-state index in [0.717, 1.165) is 11.3 Å². The highest BCUT2D eigenvalue weighted by Gasteiger charge is 2.12. The molecule has 0 saturated heterocycles. The minimum atomic E-state index is -1.02. The van der Waals surface area contributed by atoms with Crippen LogP contribution in [0.25, 0.3) is 0 Å². The Morgan fingerprint density at radius 3 is 2.58 bits per heavy atom. The first-order valence-electron chi connectivity index (χ1n) is 5.71. The van der Waals surface area contributed by atoms with E-state index in [2.05, 4.69) is 0 Å². The lowest BCUT2D eigenvalue weighted by Crippen LogP contribution is -2.01. The Morgan fingerprint density at radius 1 is 1.21 bits per heavy atom. The Balaban J connectivity index is 1.89. The molecule has 1 aromatic carbocycles. The van der Waals surface area contributed by atoms with Gasteiger partial charge in [-0.15, -0.1) is 0 Å². The maximum atomic E-state index is 10.9. The van der Waals surface area contributed by atoms with Gasteiger partial charge in [-0.1, -0.05) is 12.1 Å². The summed E-state index contributed by atoms with van der Waals surface area (Å²) >= 11 is 0. The molecule has 0 radical (unpaired) electrons. The molecule has 5 heteroatoms. The van der Waals surface area contributed by atoms with Gasteiger partial charge in [0, 0.05) is 0 Å². The summed E-state index contributed by atoms with van der Waals surface area (Å²) in [6, 6.07) is 8.87. The van der Waals surface area contributed by atoms with Crippen molar-refractivity contribution in [3.63, 3.8) is 0 Å². The Morgan fingerprint density at radius 2 is 1.95 bits per heavy atom. The molecule has 1 aromatic heterocycles. The highest BCUT2D eigenvalue weighted by Crippen LogP contribution is 2.15. The van der Waals surface area contributed by atoms with Gasteiger partial charge >= 0.3 is 5.97 Å². The smallest absolute Gasteiger partial charge is 0.339 e. The first kappa shape index (κ1) is 13.2. The zero-order valence-corrected chi connectivity index (χ0v) is 10.5. The van der Waals surface area contributed by atoms with Crippen LogP contribution in [-0.2, 0) is 18.0 Å². The van der Waals surface area contributed by atoms with Gasteiger partial charge in [-0.2, -0.15) is 0 Å². The Kier molecular flexibility index (Phi) is 4.20. The standard InChI is InChI=1S/C14H14O5/c1-17-11-4-2-10(3-5-11)8-18-9-13-12(14(15)16)6-7-19-13/h2-7H,8-9H2,1H3,(H,15,16). The molecule has 1 heterocycles. The number of carbonyl (C=O) groups is 1. The zero-order valence-electron chi connectivity index (χ0n) is 10.5. The molecule has 0 fully saturated rings. The van der Waals surface area contributed by atoms with E-state index >= 15 is 0 Å². The maximum absolute atomic E-state index is 10.9. The summed E-state index contributed by atoms with van der Waals surface area (Å²) < 4.78 is 15.6. The van der Waals surface area contributed by atoms with Crippen molar-refractivity contribution in [2.75, 3.05) is 7.11 Å². The fourth-order valence-corrected chi connectivity index (χ4v) is 1.63. The molecular formula is C14H14O5. The molecular weight excluding hydrogens is 248 g/mol. The lowest BCUT2D eigenvalue weighted by molar-refractivity contribution is 0.0671. The second kappa shape index (κ2) is 6.06. The summed E-state index contributed by atoms with van der Waals surface area (Å²) in [6.45, 7) is 0.504. The number of hydrogen-bond donors (Lipinski definition) is 1. The first-order valence-corrected chi connectivity index (χ1v) is 5.71. The quantitative estimate of drug-likeness (QED) is 0.866. The van der Waals surface area contributed by atoms with Crippen molar-refractivity contribution in [3.05, 3.63) is 53.5 Å². The number of carboxylic acid groups (broad SMARTS) is 1. The number of benzene rings is 1. The number of carboxylic acids is 1. The minimum absolute atomic E-state index is 0.126. The summed E-state index contributed by atoms with van der Waals surface area (Å²) in [4.78, 5) is 10.9. The van der Waals surface area contributed by atoms with E-state index < -0.39 is 5.97 Å². The molecule has 2 rings (SSSR count). The fraction of sp³-hybridized carbons (Fsp3) is 0.214. The summed E-state index contributed by atoms with van der Waals surface area (Å²) in [5, 5.41) is 8.90. The predicted octanol–water partition coefficient (Wildman–Crippen LogP) is 2.70. The third-order valence-corrected chi connectivity index (χ3v) is 2.64. The van der Waals surface area contributed by atoms with E-state index in [1.807, 2.05) is 24.3 Å². The van der Waals surface area contributed by atoms with Gasteiger partial charge in [0.2, 0.25) is 0 Å². The second-order valence-corrected chi connectivity index (χ2v) is 3.90. The van der Waals surface area contributed by atoms with E-state index in [-0.39, 0.29) is 12.2 Å². The minimum Gasteiger partial charge on any atom is -0.497 e. The molecule has 0 bridgehead atoms. The normalized spacial score (nSPS) is 10.4. The van der Waals surface area contributed by atoms with Crippen LogP contribution in [0.1, 0.15) is 21.7 Å². The third kappa shape index (κ3) is 3.35. The van der Waals surface area contributed by atoms with Gasteiger partial charge in [-0.05, 0) is 23.8 Å². The van der Waals surface area contributed by atoms with Gasteiger partial charge in [-0.3, -0.25) is 0 Å². The van der Waals surface area contributed by atoms with Gasteiger partial charge < -0.3 is 19.0 Å². The van der Waals surface area contributed by atoms with Crippen LogP contribution in [0.3, 0.4) is 0 Å². The van der Waals surface area contributed by atoms with Crippen molar-refractivity contribution in [2.24, 2.45) is 0 Å². The highest BCUT2D eigenvalue weighted by molar-refractivity contribution is 5.88. The van der Waals surface area contributed by atoms with Crippen LogP contribution in [0.2, 0.25) is 0 Å². The van der Waals surface area contributed by atoms with Crippen LogP contribution in [0, 0.1) is 0 Å². The van der Waals surface area contributed by atoms with Crippen molar-refractivity contribution < 1.29 is 23.8 Å². The van der Waals surface area contributed by atoms with Crippen LogP contribution in [0.4, 0.5) is 0 Å². The van der Waals surface area contributed by atoms with E-state index in [4.69, 9.17) is 19.0 Å². The van der Waals surface area contributed by atoms with Gasteiger partial charge in [0.1, 0.15) is 23.7 Å². The molecule has 0 atom stereocenters. The molecule has 100 valence electrons. The SMILES string of the molecule is COc1ccc(COCc2occc2C(=O)O)cc1. The van der Waals surface area contributed by atoms with Crippen molar-refractivity contribution in [1.29, 1.82) is 0 Å². The lowest BCUT2D eigenvalue weighted by Gasteiger charge is -2.05. The molecule has 0 saturated carbocycles. The van der Waals surface area contributed by atoms with Gasteiger partial charge in [0.25, 0.3) is 0 Å². The van der Waals surface area contributed by atoms with Crippen LogP contribution >= 0.6 is 0 Å². The van der Waals surface area contributed by atoms with Crippen LogP contribution < -0.4 is 4.74 Å². The van der Waals surface area contributed by atoms with Gasteiger partial charge in [-0.25, -0.2) is 4.79 Å². The van der Waals surface area contributed by atoms with Crippen LogP contribution in [0.5, 0.6) is 5.75 Å². The van der Waals surface area contributed by atoms with Crippen molar-refractivity contribution in [1.82, 2.24) is 0 Å². The predicted molar refractivity (Wildman–Crippen MR) is 67.2 cm³/mol. The number of methoxy groups -OCH3 is 1. The highest BCUT2D eigenvalue weighted by atomic mass is 16.5. The van der Waals surface area contributed by atoms with E-state index in [9.17, 15) is 4.79 Å². The summed E-state index contributed by atoms with van der Waals surface area (Å²) in [7, 11) is 1.61. The molecule has 0 aliphatic carbocycles. The molecule has 0 unspecified atom stereocenters. The fourth-order valence-electron chi connectivity index (χ4n) is 1.63.